The Kier molecular flexibility index (Phi) is 7.71. The van der Waals surface area contributed by atoms with Crippen LogP contribution in [0.4, 0.5) is 5.69 Å². The fourth-order valence-electron chi connectivity index (χ4n) is 4.04. The molecule has 0 heterocycles. The Balaban J connectivity index is 1.58. The highest BCUT2D eigenvalue weighted by Gasteiger charge is 2.14. The topological polar surface area (TPSA) is 39.7 Å². The molecule has 4 aromatic carbocycles. The largest absolute Gasteiger partial charge is 0.497 e. The van der Waals surface area contributed by atoms with Gasteiger partial charge in [-0.15, -0.1) is 6.58 Å². The molecule has 174 valence electrons. The number of hydrogen-bond donors (Lipinski definition) is 1. The minimum Gasteiger partial charge on any atom is -0.497 e. The van der Waals surface area contributed by atoms with Crippen molar-refractivity contribution in [2.75, 3.05) is 19.0 Å². The minimum atomic E-state index is 0.467. The van der Waals surface area contributed by atoms with Gasteiger partial charge in [-0.1, -0.05) is 48.5 Å². The van der Waals surface area contributed by atoms with Crippen LogP contribution < -0.4 is 19.5 Å². The van der Waals surface area contributed by atoms with Crippen molar-refractivity contribution in [2.24, 2.45) is 0 Å². The van der Waals surface area contributed by atoms with E-state index in [0.717, 1.165) is 39.6 Å². The summed E-state index contributed by atoms with van der Waals surface area (Å²) in [6, 6.07) is 26.8. The zero-order chi connectivity index (χ0) is 23.8. The third-order valence-corrected chi connectivity index (χ3v) is 5.69. The van der Waals surface area contributed by atoms with E-state index in [2.05, 4.69) is 66.5 Å². The van der Waals surface area contributed by atoms with Gasteiger partial charge in [-0.05, 0) is 71.6 Å². The summed E-state index contributed by atoms with van der Waals surface area (Å²) in [7, 11) is 1.67. The monoisotopic (exact) mass is 453 g/mol. The molecule has 1 N–H and O–H groups in total. The molecular formula is C30H31NO3. The Hall–Kier alpha value is -3.92. The van der Waals surface area contributed by atoms with E-state index in [1.54, 1.807) is 7.11 Å². The molecular weight excluding hydrogens is 422 g/mol. The number of nitrogens with one attached hydrogen (secondary N) is 1. The first-order chi connectivity index (χ1) is 16.7. The van der Waals surface area contributed by atoms with Crippen molar-refractivity contribution in [1.29, 1.82) is 0 Å². The van der Waals surface area contributed by atoms with Gasteiger partial charge in [-0.25, -0.2) is 0 Å². The summed E-state index contributed by atoms with van der Waals surface area (Å²) in [5, 5.41) is 5.88. The van der Waals surface area contributed by atoms with E-state index < -0.39 is 0 Å². The standard InChI is InChI=1S/C30H31NO3/c1-4-9-24-18-22(20-31-26-14-16-27(32-3)17-15-26)19-29(33-5-2)30(24)34-21-25-12-8-11-23-10-6-7-13-28(23)25/h4,6-8,10-19,31H,1,5,9,20-21H2,2-3H3. The first-order valence-corrected chi connectivity index (χ1v) is 11.6. The molecule has 0 aromatic heterocycles. The molecule has 0 saturated heterocycles. The quantitative estimate of drug-likeness (QED) is 0.244. The highest BCUT2D eigenvalue weighted by atomic mass is 16.5. The summed E-state index contributed by atoms with van der Waals surface area (Å²) in [4.78, 5) is 0. The normalized spacial score (nSPS) is 10.6. The van der Waals surface area contributed by atoms with E-state index in [1.807, 2.05) is 37.3 Å². The third-order valence-electron chi connectivity index (χ3n) is 5.69. The predicted octanol–water partition coefficient (Wildman–Crippen LogP) is 7.17. The van der Waals surface area contributed by atoms with Gasteiger partial charge in [-0.2, -0.15) is 0 Å². The lowest BCUT2D eigenvalue weighted by Gasteiger charge is -2.18. The summed E-state index contributed by atoms with van der Waals surface area (Å²) in [6.45, 7) is 7.63. The van der Waals surface area contributed by atoms with Crippen LogP contribution in [0.1, 0.15) is 23.6 Å². The number of ether oxygens (including phenoxy) is 3. The van der Waals surface area contributed by atoms with Crippen molar-refractivity contribution in [1.82, 2.24) is 0 Å². The van der Waals surface area contributed by atoms with E-state index in [0.29, 0.717) is 26.2 Å². The average molecular weight is 454 g/mol. The SMILES string of the molecule is C=CCc1cc(CNc2ccc(OC)cc2)cc(OCC)c1OCc1cccc2ccccc12. The van der Waals surface area contributed by atoms with E-state index in [4.69, 9.17) is 14.2 Å². The summed E-state index contributed by atoms with van der Waals surface area (Å²) < 4.78 is 17.7. The van der Waals surface area contributed by atoms with Crippen molar-refractivity contribution in [2.45, 2.75) is 26.5 Å². The Labute approximate surface area is 201 Å². The van der Waals surface area contributed by atoms with E-state index in [-0.39, 0.29) is 0 Å². The minimum absolute atomic E-state index is 0.467. The molecule has 0 amide bonds. The van der Waals surface area contributed by atoms with E-state index in [9.17, 15) is 0 Å². The molecule has 4 nitrogen and oxygen atoms in total. The fraction of sp³-hybridized carbons (Fsp3) is 0.200. The van der Waals surface area contributed by atoms with Gasteiger partial charge in [0.15, 0.2) is 11.5 Å². The van der Waals surface area contributed by atoms with Gasteiger partial charge in [0.2, 0.25) is 0 Å². The zero-order valence-electron chi connectivity index (χ0n) is 19.8. The highest BCUT2D eigenvalue weighted by molar-refractivity contribution is 5.85. The fourth-order valence-corrected chi connectivity index (χ4v) is 4.04. The van der Waals surface area contributed by atoms with Crippen LogP contribution in [-0.2, 0) is 19.6 Å². The maximum atomic E-state index is 6.40. The summed E-state index contributed by atoms with van der Waals surface area (Å²) >= 11 is 0. The number of methoxy groups -OCH3 is 1. The summed E-state index contributed by atoms with van der Waals surface area (Å²) in [6.07, 6.45) is 2.60. The molecule has 0 aliphatic carbocycles. The molecule has 0 aliphatic rings. The lowest BCUT2D eigenvalue weighted by Crippen LogP contribution is -2.06. The van der Waals surface area contributed by atoms with Gasteiger partial charge in [0.1, 0.15) is 12.4 Å². The second kappa shape index (κ2) is 11.3. The number of benzene rings is 4. The van der Waals surface area contributed by atoms with Gasteiger partial charge >= 0.3 is 0 Å². The van der Waals surface area contributed by atoms with Crippen LogP contribution in [0.15, 0.2) is 91.5 Å². The maximum absolute atomic E-state index is 6.40. The van der Waals surface area contributed by atoms with Crippen molar-refractivity contribution in [3.8, 4) is 17.2 Å². The number of allylic oxidation sites excluding steroid dienone is 1. The number of rotatable bonds is 11. The lowest BCUT2D eigenvalue weighted by molar-refractivity contribution is 0.267. The Morgan fingerprint density at radius 3 is 2.44 bits per heavy atom. The van der Waals surface area contributed by atoms with Crippen LogP contribution in [0.25, 0.3) is 10.8 Å². The molecule has 0 radical (unpaired) electrons. The van der Waals surface area contributed by atoms with Gasteiger partial charge in [0.25, 0.3) is 0 Å². The highest BCUT2D eigenvalue weighted by Crippen LogP contribution is 2.35. The van der Waals surface area contributed by atoms with Gasteiger partial charge in [-0.3, -0.25) is 0 Å². The molecule has 0 unspecified atom stereocenters. The number of fused-ring (bicyclic) bond motifs is 1. The first-order valence-electron chi connectivity index (χ1n) is 11.6. The van der Waals surface area contributed by atoms with Crippen molar-refractivity contribution in [3.63, 3.8) is 0 Å². The van der Waals surface area contributed by atoms with Crippen molar-refractivity contribution in [3.05, 3.63) is 108 Å². The molecule has 0 saturated carbocycles. The van der Waals surface area contributed by atoms with E-state index in [1.165, 1.54) is 10.8 Å². The molecule has 0 aliphatic heterocycles. The van der Waals surface area contributed by atoms with Gasteiger partial charge in [0, 0.05) is 17.8 Å². The first kappa shape index (κ1) is 23.2. The molecule has 34 heavy (non-hydrogen) atoms. The second-order valence-electron chi connectivity index (χ2n) is 8.02. The van der Waals surface area contributed by atoms with Crippen molar-refractivity contribution >= 4 is 16.5 Å². The zero-order valence-corrected chi connectivity index (χ0v) is 19.8. The maximum Gasteiger partial charge on any atom is 0.165 e. The lowest BCUT2D eigenvalue weighted by atomic mass is 10.0. The second-order valence-corrected chi connectivity index (χ2v) is 8.02. The molecule has 4 heteroatoms. The molecule has 4 rings (SSSR count). The molecule has 0 atom stereocenters. The Morgan fingerprint density at radius 1 is 0.882 bits per heavy atom. The van der Waals surface area contributed by atoms with Crippen LogP contribution in [0.2, 0.25) is 0 Å². The molecule has 0 bridgehead atoms. The van der Waals surface area contributed by atoms with E-state index >= 15 is 0 Å². The van der Waals surface area contributed by atoms with Crippen LogP contribution in [0.3, 0.4) is 0 Å². The van der Waals surface area contributed by atoms with Crippen molar-refractivity contribution < 1.29 is 14.2 Å². The number of hydrogen-bond acceptors (Lipinski definition) is 4. The van der Waals surface area contributed by atoms with Gasteiger partial charge in [0.05, 0.1) is 13.7 Å². The molecule has 0 fully saturated rings. The smallest absolute Gasteiger partial charge is 0.165 e. The van der Waals surface area contributed by atoms with Crippen LogP contribution in [0.5, 0.6) is 17.2 Å². The predicted molar refractivity (Wildman–Crippen MR) is 140 cm³/mol. The molecule has 0 spiro atoms. The molecule has 4 aromatic rings. The van der Waals surface area contributed by atoms with Crippen LogP contribution >= 0.6 is 0 Å². The Bertz CT molecular complexity index is 1240. The number of anilines is 1. The Morgan fingerprint density at radius 2 is 1.68 bits per heavy atom. The summed E-state index contributed by atoms with van der Waals surface area (Å²) in [5.74, 6) is 2.38. The van der Waals surface area contributed by atoms with Crippen LogP contribution in [-0.4, -0.2) is 13.7 Å². The average Bonchev–Trinajstić information content (AvgIpc) is 2.87. The third kappa shape index (κ3) is 5.52. The summed E-state index contributed by atoms with van der Waals surface area (Å²) in [5.41, 5.74) is 4.36. The van der Waals surface area contributed by atoms with Gasteiger partial charge < -0.3 is 19.5 Å². The van der Waals surface area contributed by atoms with Crippen LogP contribution in [0, 0.1) is 0 Å².